The first-order chi connectivity index (χ1) is 12.6. The van der Waals surface area contributed by atoms with E-state index in [-0.39, 0.29) is 17.5 Å². The van der Waals surface area contributed by atoms with Crippen molar-refractivity contribution in [2.24, 2.45) is 5.41 Å². The molecule has 2 aromatic rings. The summed E-state index contributed by atoms with van der Waals surface area (Å²) in [4.78, 5) is 15.1. The Morgan fingerprint density at radius 1 is 1.19 bits per heavy atom. The highest BCUT2D eigenvalue weighted by molar-refractivity contribution is 5.84. The van der Waals surface area contributed by atoms with Crippen LogP contribution in [0.25, 0.3) is 0 Å². The number of nitrogens with one attached hydrogen (secondary N) is 1. The minimum atomic E-state index is -0.464. The number of halogens is 1. The number of fused-ring (bicyclic) bond motifs is 1. The number of carbonyl (C=O) groups excluding carboxylic acids is 1. The van der Waals surface area contributed by atoms with Crippen molar-refractivity contribution in [3.05, 3.63) is 65.0 Å². The highest BCUT2D eigenvalue weighted by Crippen LogP contribution is 2.37. The number of piperidine rings is 1. The molecule has 2 heterocycles. The summed E-state index contributed by atoms with van der Waals surface area (Å²) in [6.07, 6.45) is 2.48. The van der Waals surface area contributed by atoms with Crippen molar-refractivity contribution >= 4 is 5.91 Å². The number of phenols is 1. The van der Waals surface area contributed by atoms with E-state index in [4.69, 9.17) is 0 Å². The molecule has 0 bridgehead atoms. The van der Waals surface area contributed by atoms with Crippen LogP contribution in [0.2, 0.25) is 0 Å². The Morgan fingerprint density at radius 2 is 2.00 bits per heavy atom. The van der Waals surface area contributed by atoms with E-state index in [0.717, 1.165) is 25.8 Å². The largest absolute Gasteiger partial charge is 0.508 e. The minimum absolute atomic E-state index is 0.0988. The average Bonchev–Trinajstić information content (AvgIpc) is 2.76. The number of hydrogen-bond acceptors (Lipinski definition) is 3. The topological polar surface area (TPSA) is 52.6 Å². The highest BCUT2D eigenvalue weighted by atomic mass is 19.1. The van der Waals surface area contributed by atoms with E-state index in [2.05, 4.69) is 22.3 Å². The fourth-order valence-electron chi connectivity index (χ4n) is 4.32. The molecule has 2 aliphatic rings. The molecule has 1 atom stereocenters. The molecule has 4 rings (SSSR count). The summed E-state index contributed by atoms with van der Waals surface area (Å²) >= 11 is 0. The van der Waals surface area contributed by atoms with Crippen LogP contribution in [0.4, 0.5) is 4.39 Å². The van der Waals surface area contributed by atoms with Crippen LogP contribution in [0.15, 0.2) is 42.5 Å². The van der Waals surface area contributed by atoms with E-state index in [9.17, 15) is 14.3 Å². The zero-order chi connectivity index (χ0) is 18.1. The van der Waals surface area contributed by atoms with E-state index < -0.39 is 5.41 Å². The molecule has 1 amide bonds. The monoisotopic (exact) mass is 354 g/mol. The van der Waals surface area contributed by atoms with Gasteiger partial charge in [-0.1, -0.05) is 24.3 Å². The minimum Gasteiger partial charge on any atom is -0.508 e. The van der Waals surface area contributed by atoms with Crippen molar-refractivity contribution < 1.29 is 14.3 Å². The summed E-state index contributed by atoms with van der Waals surface area (Å²) in [6.45, 7) is 2.47. The second kappa shape index (κ2) is 6.72. The number of hydrogen-bond donors (Lipinski definition) is 2. The Hall–Kier alpha value is -2.40. The standard InChI is InChI=1S/C21H23FN2O2/c22-18-6-7-19(25)17(10-18)13-24-9-3-8-21(14-24)11-15-4-1-2-5-16(15)12-23-20(21)26/h1-2,4-7,10,25H,3,8-9,11-14H2,(H,23,26). The second-order valence-corrected chi connectivity index (χ2v) is 7.50. The molecule has 1 spiro atoms. The molecule has 5 heteroatoms. The maximum atomic E-state index is 13.5. The zero-order valence-corrected chi connectivity index (χ0v) is 14.7. The Bertz CT molecular complexity index is 839. The van der Waals surface area contributed by atoms with E-state index in [1.54, 1.807) is 0 Å². The molecule has 26 heavy (non-hydrogen) atoms. The van der Waals surface area contributed by atoms with Crippen molar-refractivity contribution in [1.82, 2.24) is 10.2 Å². The van der Waals surface area contributed by atoms with Gasteiger partial charge in [-0.05, 0) is 55.1 Å². The van der Waals surface area contributed by atoms with E-state index >= 15 is 0 Å². The van der Waals surface area contributed by atoms with Crippen molar-refractivity contribution in [3.8, 4) is 5.75 Å². The second-order valence-electron chi connectivity index (χ2n) is 7.50. The van der Waals surface area contributed by atoms with Gasteiger partial charge in [0.15, 0.2) is 0 Å². The quantitative estimate of drug-likeness (QED) is 0.872. The van der Waals surface area contributed by atoms with Gasteiger partial charge in [0, 0.05) is 25.2 Å². The number of nitrogens with zero attached hydrogens (tertiary/aromatic N) is 1. The number of likely N-dealkylation sites (tertiary alicyclic amines) is 1. The van der Waals surface area contributed by atoms with Gasteiger partial charge in [-0.3, -0.25) is 9.69 Å². The number of amides is 1. The molecule has 0 aliphatic carbocycles. The first-order valence-electron chi connectivity index (χ1n) is 9.11. The third-order valence-electron chi connectivity index (χ3n) is 5.66. The third-order valence-corrected chi connectivity index (χ3v) is 5.66. The lowest BCUT2D eigenvalue weighted by molar-refractivity contribution is -0.134. The molecule has 1 unspecified atom stereocenters. The van der Waals surface area contributed by atoms with Gasteiger partial charge in [0.25, 0.3) is 0 Å². The number of aromatic hydroxyl groups is 1. The summed E-state index contributed by atoms with van der Waals surface area (Å²) in [5.74, 6) is -0.158. The number of rotatable bonds is 2. The molecule has 1 saturated heterocycles. The molecule has 136 valence electrons. The van der Waals surface area contributed by atoms with Crippen LogP contribution in [0.1, 0.15) is 29.5 Å². The van der Waals surface area contributed by atoms with Gasteiger partial charge in [-0.15, -0.1) is 0 Å². The fourth-order valence-corrected chi connectivity index (χ4v) is 4.32. The summed E-state index contributed by atoms with van der Waals surface area (Å²) < 4.78 is 13.5. The van der Waals surface area contributed by atoms with Crippen molar-refractivity contribution in [2.45, 2.75) is 32.4 Å². The smallest absolute Gasteiger partial charge is 0.228 e. The predicted molar refractivity (Wildman–Crippen MR) is 97.0 cm³/mol. The van der Waals surface area contributed by atoms with Gasteiger partial charge in [0.1, 0.15) is 11.6 Å². The van der Waals surface area contributed by atoms with Gasteiger partial charge in [-0.2, -0.15) is 0 Å². The molecule has 2 aliphatic heterocycles. The number of carbonyl (C=O) groups is 1. The van der Waals surface area contributed by atoms with Crippen molar-refractivity contribution in [2.75, 3.05) is 13.1 Å². The van der Waals surface area contributed by atoms with Crippen LogP contribution in [0.5, 0.6) is 5.75 Å². The third kappa shape index (κ3) is 3.19. The van der Waals surface area contributed by atoms with Crippen LogP contribution in [-0.2, 0) is 24.3 Å². The molecular weight excluding hydrogens is 331 g/mol. The molecule has 1 fully saturated rings. The molecule has 2 aromatic carbocycles. The molecule has 0 aromatic heterocycles. The van der Waals surface area contributed by atoms with Crippen LogP contribution in [-0.4, -0.2) is 29.0 Å². The Labute approximate surface area is 152 Å². The lowest BCUT2D eigenvalue weighted by Gasteiger charge is -2.41. The van der Waals surface area contributed by atoms with Crippen LogP contribution in [0, 0.1) is 11.2 Å². The Kier molecular flexibility index (Phi) is 4.41. The summed E-state index contributed by atoms with van der Waals surface area (Å²) in [7, 11) is 0. The van der Waals surface area contributed by atoms with Crippen molar-refractivity contribution in [1.29, 1.82) is 0 Å². The first kappa shape index (κ1) is 17.0. The van der Waals surface area contributed by atoms with Gasteiger partial charge in [0.05, 0.1) is 5.41 Å². The number of phenolic OH excluding ortho intramolecular Hbond substituents is 1. The van der Waals surface area contributed by atoms with Crippen LogP contribution < -0.4 is 5.32 Å². The van der Waals surface area contributed by atoms with Crippen LogP contribution in [0.3, 0.4) is 0 Å². The maximum Gasteiger partial charge on any atom is 0.228 e. The first-order valence-corrected chi connectivity index (χ1v) is 9.11. The molecule has 4 nitrogen and oxygen atoms in total. The lowest BCUT2D eigenvalue weighted by Crippen LogP contribution is -2.51. The average molecular weight is 354 g/mol. The predicted octanol–water partition coefficient (Wildman–Crippen LogP) is 2.99. The Morgan fingerprint density at radius 3 is 2.85 bits per heavy atom. The summed E-state index contributed by atoms with van der Waals surface area (Å²) in [6, 6.07) is 12.2. The van der Waals surface area contributed by atoms with Gasteiger partial charge >= 0.3 is 0 Å². The normalized spacial score (nSPS) is 23.3. The van der Waals surface area contributed by atoms with Crippen molar-refractivity contribution in [3.63, 3.8) is 0 Å². The number of benzene rings is 2. The summed E-state index contributed by atoms with van der Waals surface area (Å²) in [5, 5.41) is 13.1. The summed E-state index contributed by atoms with van der Waals surface area (Å²) in [5.41, 5.74) is 2.50. The molecule has 0 saturated carbocycles. The van der Waals surface area contributed by atoms with E-state index in [1.165, 1.54) is 29.3 Å². The maximum absolute atomic E-state index is 13.5. The molecule has 0 radical (unpaired) electrons. The molecule has 2 N–H and O–H groups in total. The van der Waals surface area contributed by atoms with Gasteiger partial charge in [-0.25, -0.2) is 4.39 Å². The Balaban J connectivity index is 1.59. The van der Waals surface area contributed by atoms with Gasteiger partial charge in [0.2, 0.25) is 5.91 Å². The molecular formula is C21H23FN2O2. The lowest BCUT2D eigenvalue weighted by atomic mass is 9.74. The zero-order valence-electron chi connectivity index (χ0n) is 14.7. The van der Waals surface area contributed by atoms with Gasteiger partial charge < -0.3 is 10.4 Å². The van der Waals surface area contributed by atoms with Crippen LogP contribution >= 0.6 is 0 Å². The highest BCUT2D eigenvalue weighted by Gasteiger charge is 2.43. The SMILES string of the molecule is O=C1NCc2ccccc2CC12CCCN(Cc1cc(F)ccc1O)C2. The van der Waals surface area contributed by atoms with E-state index in [0.29, 0.717) is 25.2 Å². The fraction of sp³-hybridized carbons (Fsp3) is 0.381. The van der Waals surface area contributed by atoms with E-state index in [1.807, 2.05) is 12.1 Å².